The summed E-state index contributed by atoms with van der Waals surface area (Å²) < 4.78 is 26.1. The second-order valence-electron chi connectivity index (χ2n) is 4.14. The van der Waals surface area contributed by atoms with E-state index in [0.29, 0.717) is 18.5 Å². The third-order valence-corrected chi connectivity index (χ3v) is 4.55. The summed E-state index contributed by atoms with van der Waals surface area (Å²) in [6.07, 6.45) is 5.50. The minimum Gasteiger partial charge on any atom is -0.243 e. The van der Waals surface area contributed by atoms with Crippen molar-refractivity contribution in [1.29, 1.82) is 0 Å². The summed E-state index contributed by atoms with van der Waals surface area (Å²) in [6, 6.07) is 3.51. The molecule has 0 aliphatic carbocycles. The molecule has 5 heteroatoms. The summed E-state index contributed by atoms with van der Waals surface area (Å²) in [5.41, 5.74) is 0.691. The Morgan fingerprint density at radius 1 is 1.50 bits per heavy atom. The molecular formula is C13H20N2O2S. The van der Waals surface area contributed by atoms with Gasteiger partial charge in [0.25, 0.3) is 10.0 Å². The first kappa shape index (κ1) is 14.9. The van der Waals surface area contributed by atoms with Gasteiger partial charge in [0, 0.05) is 19.8 Å². The lowest BCUT2D eigenvalue weighted by atomic mass is 10.2. The molecule has 0 aromatic carbocycles. The highest BCUT2D eigenvalue weighted by Gasteiger charge is 2.24. The summed E-state index contributed by atoms with van der Waals surface area (Å²) >= 11 is 0. The fourth-order valence-electron chi connectivity index (χ4n) is 1.62. The van der Waals surface area contributed by atoms with E-state index in [4.69, 9.17) is 0 Å². The van der Waals surface area contributed by atoms with E-state index in [9.17, 15) is 8.42 Å². The van der Waals surface area contributed by atoms with Gasteiger partial charge >= 0.3 is 0 Å². The molecular weight excluding hydrogens is 248 g/mol. The van der Waals surface area contributed by atoms with Crippen molar-refractivity contribution in [2.75, 3.05) is 13.6 Å². The highest BCUT2D eigenvalue weighted by atomic mass is 32.2. The van der Waals surface area contributed by atoms with Crippen molar-refractivity contribution in [3.63, 3.8) is 0 Å². The Hall–Kier alpha value is -1.20. The zero-order chi connectivity index (χ0) is 13.6. The lowest BCUT2D eigenvalue weighted by Crippen LogP contribution is -2.29. The molecule has 1 heterocycles. The lowest BCUT2D eigenvalue weighted by molar-refractivity contribution is 0.456. The zero-order valence-electron chi connectivity index (χ0n) is 11.0. The van der Waals surface area contributed by atoms with Crippen LogP contribution < -0.4 is 0 Å². The Kier molecular flexibility index (Phi) is 5.50. The van der Waals surface area contributed by atoms with Crippen molar-refractivity contribution in [3.8, 4) is 0 Å². The fraction of sp³-hybridized carbons (Fsp3) is 0.462. The van der Waals surface area contributed by atoms with Crippen LogP contribution in [-0.2, 0) is 16.4 Å². The molecule has 0 radical (unpaired) electrons. The number of hydrogen-bond donors (Lipinski definition) is 0. The number of allylic oxidation sites excluding steroid dienone is 1. The van der Waals surface area contributed by atoms with Gasteiger partial charge in [0.2, 0.25) is 0 Å². The topological polar surface area (TPSA) is 50.3 Å². The molecule has 1 aromatic rings. The van der Waals surface area contributed by atoms with Gasteiger partial charge in [-0.05, 0) is 24.5 Å². The van der Waals surface area contributed by atoms with E-state index in [0.717, 1.165) is 12.8 Å². The van der Waals surface area contributed by atoms with Crippen LogP contribution in [0, 0.1) is 0 Å². The van der Waals surface area contributed by atoms with E-state index in [2.05, 4.69) is 11.6 Å². The third kappa shape index (κ3) is 3.40. The molecule has 1 aromatic heterocycles. The molecule has 0 amide bonds. The first-order valence-electron chi connectivity index (χ1n) is 6.05. The predicted molar refractivity (Wildman–Crippen MR) is 72.9 cm³/mol. The van der Waals surface area contributed by atoms with Gasteiger partial charge in [-0.25, -0.2) is 13.4 Å². The van der Waals surface area contributed by atoms with E-state index < -0.39 is 10.0 Å². The molecule has 0 fully saturated rings. The number of aromatic nitrogens is 1. The maximum atomic E-state index is 12.4. The average Bonchev–Trinajstić information content (AvgIpc) is 2.36. The summed E-state index contributed by atoms with van der Waals surface area (Å²) in [5, 5.41) is 0.142. The maximum absolute atomic E-state index is 12.4. The van der Waals surface area contributed by atoms with Gasteiger partial charge in [-0.15, -0.1) is 6.58 Å². The molecule has 0 aliphatic rings. The molecule has 0 unspecified atom stereocenters. The Morgan fingerprint density at radius 2 is 2.22 bits per heavy atom. The molecule has 0 aliphatic heterocycles. The molecule has 0 N–H and O–H groups in total. The van der Waals surface area contributed by atoms with Gasteiger partial charge in [-0.3, -0.25) is 0 Å². The highest BCUT2D eigenvalue weighted by Crippen LogP contribution is 2.17. The van der Waals surface area contributed by atoms with Crippen molar-refractivity contribution < 1.29 is 8.42 Å². The summed E-state index contributed by atoms with van der Waals surface area (Å²) in [5.74, 6) is 0. The van der Waals surface area contributed by atoms with E-state index in [-0.39, 0.29) is 5.03 Å². The normalized spacial score (nSPS) is 11.7. The van der Waals surface area contributed by atoms with Crippen LogP contribution >= 0.6 is 0 Å². The molecule has 0 saturated heterocycles. The average molecular weight is 268 g/mol. The number of rotatable bonds is 7. The van der Waals surface area contributed by atoms with Crippen LogP contribution in [0.15, 0.2) is 36.0 Å². The van der Waals surface area contributed by atoms with Gasteiger partial charge in [0.05, 0.1) is 0 Å². The number of unbranched alkanes of at least 4 members (excludes halogenated alkanes) is 1. The molecule has 18 heavy (non-hydrogen) atoms. The van der Waals surface area contributed by atoms with E-state index in [1.165, 1.54) is 10.5 Å². The van der Waals surface area contributed by atoms with Gasteiger partial charge in [0.1, 0.15) is 0 Å². The Balaban J connectivity index is 3.07. The van der Waals surface area contributed by atoms with Crippen LogP contribution in [0.4, 0.5) is 0 Å². The third-order valence-electron chi connectivity index (χ3n) is 2.70. The van der Waals surface area contributed by atoms with Crippen molar-refractivity contribution in [1.82, 2.24) is 9.29 Å². The van der Waals surface area contributed by atoms with Crippen LogP contribution in [-0.4, -0.2) is 31.3 Å². The van der Waals surface area contributed by atoms with Crippen molar-refractivity contribution in [3.05, 3.63) is 36.5 Å². The largest absolute Gasteiger partial charge is 0.260 e. The first-order valence-corrected chi connectivity index (χ1v) is 7.49. The minimum absolute atomic E-state index is 0.142. The van der Waals surface area contributed by atoms with Crippen molar-refractivity contribution in [2.24, 2.45) is 0 Å². The molecule has 0 atom stereocenters. The number of sulfonamides is 1. The van der Waals surface area contributed by atoms with Gasteiger partial charge in [-0.2, -0.15) is 4.31 Å². The highest BCUT2D eigenvalue weighted by molar-refractivity contribution is 7.89. The van der Waals surface area contributed by atoms with E-state index in [1.54, 1.807) is 25.3 Å². The Labute approximate surface area is 109 Å². The maximum Gasteiger partial charge on any atom is 0.260 e. The first-order chi connectivity index (χ1) is 8.54. The SMILES string of the molecule is C=CCc1cccnc1S(=O)(=O)N(C)CCCC. The number of hydrogen-bond acceptors (Lipinski definition) is 3. The van der Waals surface area contributed by atoms with Crippen molar-refractivity contribution >= 4 is 10.0 Å². The fourth-order valence-corrected chi connectivity index (χ4v) is 2.96. The Bertz CT molecular complexity index is 497. The molecule has 4 nitrogen and oxygen atoms in total. The monoisotopic (exact) mass is 268 g/mol. The van der Waals surface area contributed by atoms with Crippen LogP contribution in [0.2, 0.25) is 0 Å². The summed E-state index contributed by atoms with van der Waals surface area (Å²) in [6.45, 7) is 6.19. The van der Waals surface area contributed by atoms with Crippen LogP contribution in [0.5, 0.6) is 0 Å². The molecule has 0 spiro atoms. The predicted octanol–water partition coefficient (Wildman–Crippen LogP) is 2.23. The summed E-state index contributed by atoms with van der Waals surface area (Å²) in [7, 11) is -1.90. The van der Waals surface area contributed by atoms with Gasteiger partial charge in [0.15, 0.2) is 5.03 Å². The smallest absolute Gasteiger partial charge is 0.243 e. The van der Waals surface area contributed by atoms with E-state index in [1.807, 2.05) is 6.92 Å². The minimum atomic E-state index is -3.49. The van der Waals surface area contributed by atoms with Crippen LogP contribution in [0.3, 0.4) is 0 Å². The summed E-state index contributed by atoms with van der Waals surface area (Å²) in [4.78, 5) is 4.02. The molecule has 0 bridgehead atoms. The number of pyridine rings is 1. The molecule has 0 saturated carbocycles. The second-order valence-corrected chi connectivity index (χ2v) is 6.10. The van der Waals surface area contributed by atoms with E-state index >= 15 is 0 Å². The number of nitrogens with zero attached hydrogens (tertiary/aromatic N) is 2. The quantitative estimate of drug-likeness (QED) is 0.713. The zero-order valence-corrected chi connectivity index (χ0v) is 11.8. The Morgan fingerprint density at radius 3 is 2.83 bits per heavy atom. The standard InChI is InChI=1S/C13H20N2O2S/c1-4-6-11-15(3)18(16,17)13-12(8-5-2)9-7-10-14-13/h5,7,9-10H,2,4,6,8,11H2,1,3H3. The molecule has 1 rings (SSSR count). The van der Waals surface area contributed by atoms with Crippen LogP contribution in [0.1, 0.15) is 25.3 Å². The van der Waals surface area contributed by atoms with Gasteiger partial charge in [-0.1, -0.05) is 25.5 Å². The van der Waals surface area contributed by atoms with Crippen molar-refractivity contribution in [2.45, 2.75) is 31.2 Å². The molecule has 100 valence electrons. The van der Waals surface area contributed by atoms with Crippen LogP contribution in [0.25, 0.3) is 0 Å². The lowest BCUT2D eigenvalue weighted by Gasteiger charge is -2.17. The van der Waals surface area contributed by atoms with Gasteiger partial charge < -0.3 is 0 Å². The second kappa shape index (κ2) is 6.66.